The Morgan fingerprint density at radius 3 is 2.67 bits per heavy atom. The van der Waals surface area contributed by atoms with Gasteiger partial charge in [0.15, 0.2) is 0 Å². The molecule has 1 aliphatic heterocycles. The zero-order valence-electron chi connectivity index (χ0n) is 24.8. The highest BCUT2D eigenvalue weighted by molar-refractivity contribution is 6.30. The van der Waals surface area contributed by atoms with Gasteiger partial charge in [-0.3, -0.25) is 10.1 Å². The lowest BCUT2D eigenvalue weighted by molar-refractivity contribution is -0.141. The molecule has 4 N–H and O–H groups in total. The Labute approximate surface area is 263 Å². The number of halogens is 1. The molecule has 0 spiro atoms. The average molecular weight is 634 g/mol. The second-order valence-electron chi connectivity index (χ2n) is 10.3. The van der Waals surface area contributed by atoms with Gasteiger partial charge in [0, 0.05) is 39.3 Å². The molecule has 15 heteroatoms. The Morgan fingerprint density at radius 2 is 1.91 bits per heavy atom. The monoisotopic (exact) mass is 633 g/mol. The number of carbonyl (C=O) groups is 3. The first kappa shape index (κ1) is 31.2. The summed E-state index contributed by atoms with van der Waals surface area (Å²) in [6.45, 7) is 1.88. The van der Waals surface area contributed by atoms with E-state index in [0.717, 1.165) is 5.69 Å². The number of aromatic nitrogens is 6. The molecular weight excluding hydrogens is 602 g/mol. The number of H-pyrrole nitrogens is 1. The lowest BCUT2D eigenvalue weighted by Gasteiger charge is -2.22. The number of nitrogens with one attached hydrogen (secondary N) is 4. The predicted molar refractivity (Wildman–Crippen MR) is 167 cm³/mol. The van der Waals surface area contributed by atoms with E-state index in [1.807, 2.05) is 6.92 Å². The largest absolute Gasteiger partial charge is 0.467 e. The lowest BCUT2D eigenvalue weighted by Crippen LogP contribution is -2.31. The molecule has 234 valence electrons. The predicted octanol–water partition coefficient (Wildman–Crippen LogP) is 4.59. The van der Waals surface area contributed by atoms with Crippen molar-refractivity contribution in [3.05, 3.63) is 70.9 Å². The summed E-state index contributed by atoms with van der Waals surface area (Å²) in [4.78, 5) is 46.1. The van der Waals surface area contributed by atoms with Crippen molar-refractivity contribution in [2.45, 2.75) is 44.7 Å². The Kier molecular flexibility index (Phi) is 9.73. The minimum Gasteiger partial charge on any atom is -0.467 e. The van der Waals surface area contributed by atoms with Crippen LogP contribution >= 0.6 is 11.6 Å². The summed E-state index contributed by atoms with van der Waals surface area (Å²) in [6, 6.07) is 9.33. The zero-order valence-corrected chi connectivity index (χ0v) is 25.6. The standard InChI is InChI=1S/C30H32ClN9O5/c1-17-27-21-11-10-20(34-30(43)45-3)15-24(21)35-23(29(42)44-2)7-5-4-6-22(28(33-17)37-27)36-26(41)13-8-18-14-19(31)9-12-25(18)40-16-32-38-39-40/h8-16,22-23,35H,4-7H2,1-3H3,(H,33,37)(H,34,43)(H,36,41). The quantitative estimate of drug-likeness (QED) is 0.173. The maximum Gasteiger partial charge on any atom is 0.411 e. The fourth-order valence-electron chi connectivity index (χ4n) is 5.11. The van der Waals surface area contributed by atoms with Crippen LogP contribution in [0.1, 0.15) is 48.8 Å². The Balaban J connectivity index is 1.45. The number of benzene rings is 2. The molecule has 4 aromatic rings. The van der Waals surface area contributed by atoms with E-state index in [4.69, 9.17) is 26.1 Å². The Morgan fingerprint density at radius 1 is 1.09 bits per heavy atom. The highest BCUT2D eigenvalue weighted by atomic mass is 35.5. The molecule has 0 fully saturated rings. The number of hydrogen-bond donors (Lipinski definition) is 4. The first-order chi connectivity index (χ1) is 21.7. The smallest absolute Gasteiger partial charge is 0.411 e. The van der Waals surface area contributed by atoms with Gasteiger partial charge in [0.05, 0.1) is 31.6 Å². The summed E-state index contributed by atoms with van der Waals surface area (Å²) in [6.07, 6.45) is 6.31. The molecule has 2 aromatic heterocycles. The topological polar surface area (TPSA) is 178 Å². The van der Waals surface area contributed by atoms with Crippen molar-refractivity contribution >= 4 is 47.0 Å². The van der Waals surface area contributed by atoms with Gasteiger partial charge in [-0.1, -0.05) is 24.4 Å². The Bertz CT molecular complexity index is 1720. The van der Waals surface area contributed by atoms with Crippen molar-refractivity contribution in [3.63, 3.8) is 0 Å². The molecule has 0 saturated heterocycles. The fourth-order valence-corrected chi connectivity index (χ4v) is 5.29. The van der Waals surface area contributed by atoms with E-state index in [1.165, 1.54) is 31.3 Å². The Hall–Kier alpha value is -5.24. The third-order valence-electron chi connectivity index (χ3n) is 7.31. The minimum absolute atomic E-state index is 0.335. The number of esters is 1. The van der Waals surface area contributed by atoms with Crippen LogP contribution in [0.5, 0.6) is 0 Å². The van der Waals surface area contributed by atoms with Crippen LogP contribution in [-0.4, -0.2) is 68.4 Å². The van der Waals surface area contributed by atoms with Crippen LogP contribution in [0, 0.1) is 6.92 Å². The van der Waals surface area contributed by atoms with E-state index >= 15 is 0 Å². The van der Waals surface area contributed by atoms with Gasteiger partial charge in [0.25, 0.3) is 0 Å². The van der Waals surface area contributed by atoms with Gasteiger partial charge in [0.1, 0.15) is 18.2 Å². The molecule has 5 rings (SSSR count). The third kappa shape index (κ3) is 7.47. The van der Waals surface area contributed by atoms with Crippen LogP contribution in [0.25, 0.3) is 23.0 Å². The summed E-state index contributed by atoms with van der Waals surface area (Å²) >= 11 is 6.22. The van der Waals surface area contributed by atoms with Crippen LogP contribution in [-0.2, 0) is 19.1 Å². The van der Waals surface area contributed by atoms with Gasteiger partial charge in [-0.15, -0.1) is 5.10 Å². The number of ether oxygens (including phenoxy) is 2. The highest BCUT2D eigenvalue weighted by Crippen LogP contribution is 2.35. The van der Waals surface area contributed by atoms with Gasteiger partial charge in [0.2, 0.25) is 5.91 Å². The average Bonchev–Trinajstić information content (AvgIpc) is 3.70. The third-order valence-corrected chi connectivity index (χ3v) is 7.54. The van der Waals surface area contributed by atoms with Crippen LogP contribution in [0.15, 0.2) is 48.8 Å². The van der Waals surface area contributed by atoms with Crippen molar-refractivity contribution in [2.75, 3.05) is 24.9 Å². The van der Waals surface area contributed by atoms with E-state index in [9.17, 15) is 14.4 Å². The van der Waals surface area contributed by atoms with E-state index < -0.39 is 24.1 Å². The molecule has 2 atom stereocenters. The van der Waals surface area contributed by atoms with Crippen molar-refractivity contribution in [1.82, 2.24) is 35.5 Å². The number of nitrogens with zero attached hydrogens (tertiary/aromatic N) is 5. The summed E-state index contributed by atoms with van der Waals surface area (Å²) in [5.74, 6) is -0.159. The van der Waals surface area contributed by atoms with Gasteiger partial charge < -0.3 is 25.1 Å². The van der Waals surface area contributed by atoms with E-state index in [0.29, 0.717) is 70.4 Å². The number of aryl methyl sites for hydroxylation is 1. The maximum atomic E-state index is 13.2. The summed E-state index contributed by atoms with van der Waals surface area (Å²) in [5.41, 5.74) is 4.43. The molecule has 0 aliphatic carbocycles. The maximum absolute atomic E-state index is 13.2. The number of anilines is 2. The first-order valence-corrected chi connectivity index (χ1v) is 14.5. The van der Waals surface area contributed by atoms with Crippen LogP contribution < -0.4 is 16.0 Å². The fraction of sp³-hybridized carbons (Fsp3) is 0.300. The number of tetrazole rings is 1. The van der Waals surface area contributed by atoms with Crippen LogP contribution in [0.2, 0.25) is 5.02 Å². The molecule has 3 heterocycles. The van der Waals surface area contributed by atoms with Crippen molar-refractivity contribution in [1.29, 1.82) is 0 Å². The summed E-state index contributed by atoms with van der Waals surface area (Å²) < 4.78 is 11.3. The summed E-state index contributed by atoms with van der Waals surface area (Å²) in [7, 11) is 2.62. The van der Waals surface area contributed by atoms with Crippen molar-refractivity contribution in [2.24, 2.45) is 0 Å². The van der Waals surface area contributed by atoms with Crippen molar-refractivity contribution < 1.29 is 23.9 Å². The molecule has 2 unspecified atom stereocenters. The summed E-state index contributed by atoms with van der Waals surface area (Å²) in [5, 5.41) is 20.8. The number of fused-ring (bicyclic) bond motifs is 4. The van der Waals surface area contributed by atoms with Gasteiger partial charge >= 0.3 is 12.1 Å². The van der Waals surface area contributed by atoms with E-state index in [-0.39, 0.29) is 5.91 Å². The minimum atomic E-state index is -0.650. The van der Waals surface area contributed by atoms with Gasteiger partial charge in [-0.2, -0.15) is 4.68 Å². The second kappa shape index (κ2) is 14.0. The number of amides is 2. The molecule has 2 aromatic carbocycles. The van der Waals surface area contributed by atoms with Crippen LogP contribution in [0.3, 0.4) is 0 Å². The highest BCUT2D eigenvalue weighted by Gasteiger charge is 2.26. The molecule has 45 heavy (non-hydrogen) atoms. The van der Waals surface area contributed by atoms with E-state index in [2.05, 4.69) is 36.5 Å². The molecule has 1 aliphatic rings. The number of hydrogen-bond acceptors (Lipinski definition) is 10. The molecule has 0 saturated carbocycles. The number of aromatic amines is 1. The SMILES string of the molecule is COC(=O)Nc1ccc2c(c1)NC(C(=O)OC)CCCCC(NC(=O)C=Cc1cc(Cl)ccc1-n1cnnn1)c1nc-2c(C)[nH]1. The number of carbonyl (C=O) groups excluding carboxylic acids is 3. The molecule has 2 amide bonds. The number of methoxy groups -OCH3 is 2. The first-order valence-electron chi connectivity index (χ1n) is 14.2. The van der Waals surface area contributed by atoms with Crippen LogP contribution in [0.4, 0.5) is 16.2 Å². The van der Waals surface area contributed by atoms with Crippen molar-refractivity contribution in [3.8, 4) is 16.9 Å². The number of rotatable bonds is 6. The van der Waals surface area contributed by atoms with E-state index in [1.54, 1.807) is 42.5 Å². The molecule has 0 radical (unpaired) electrons. The zero-order chi connectivity index (χ0) is 31.9. The van der Waals surface area contributed by atoms with Gasteiger partial charge in [-0.05, 0) is 72.7 Å². The lowest BCUT2D eigenvalue weighted by atomic mass is 10.0. The number of imidazole rings is 1. The molecule has 2 bridgehead atoms. The van der Waals surface area contributed by atoms with Gasteiger partial charge in [-0.25, -0.2) is 14.6 Å². The normalized spacial score (nSPS) is 16.4. The molecule has 14 nitrogen and oxygen atoms in total. The second-order valence-corrected chi connectivity index (χ2v) is 10.8. The molecular formula is C30H32ClN9O5.